The van der Waals surface area contributed by atoms with Crippen LogP contribution in [0.5, 0.6) is 0 Å². The number of nitrogens with zero attached hydrogens (tertiary/aromatic N) is 5. The van der Waals surface area contributed by atoms with Gasteiger partial charge in [-0.05, 0) is 12.6 Å². The second-order valence-electron chi connectivity index (χ2n) is 9.96. The number of nitrogens with one attached hydrogen (secondary N) is 2. The molecule has 4 heterocycles. The zero-order valence-electron chi connectivity index (χ0n) is 19.5. The molecular formula is C25H39N7+. The van der Waals surface area contributed by atoms with Crippen LogP contribution in [0.2, 0.25) is 0 Å². The molecule has 1 atom stereocenters. The number of aromatic nitrogens is 2. The topological polar surface area (TPSA) is 61.3 Å². The van der Waals surface area contributed by atoms with Crippen molar-refractivity contribution >= 4 is 0 Å². The molecule has 3 fully saturated rings. The molecule has 2 N–H and O–H groups in total. The number of imidazole rings is 1. The summed E-state index contributed by atoms with van der Waals surface area (Å²) >= 11 is 0. The predicted octanol–water partition coefficient (Wildman–Crippen LogP) is 1.24. The Kier molecular flexibility index (Phi) is 6.62. The first-order chi connectivity index (χ1) is 15.7. The van der Waals surface area contributed by atoms with Crippen molar-refractivity contribution in [3.63, 3.8) is 0 Å². The molecule has 0 amide bonds. The van der Waals surface area contributed by atoms with Crippen molar-refractivity contribution in [2.75, 3.05) is 72.5 Å². The minimum absolute atomic E-state index is 0.343. The lowest BCUT2D eigenvalue weighted by Gasteiger charge is -2.55. The molecule has 0 bridgehead atoms. The zero-order chi connectivity index (χ0) is 21.9. The van der Waals surface area contributed by atoms with E-state index in [2.05, 4.69) is 62.5 Å². The van der Waals surface area contributed by atoms with E-state index in [9.17, 15) is 0 Å². The molecule has 173 valence electrons. The normalized spacial score (nSPS) is 28.0. The van der Waals surface area contributed by atoms with Crippen LogP contribution in [0.15, 0.2) is 42.7 Å². The second-order valence-corrected chi connectivity index (χ2v) is 9.96. The fourth-order valence-corrected chi connectivity index (χ4v) is 6.19. The number of H-pyrrole nitrogens is 1. The van der Waals surface area contributed by atoms with Gasteiger partial charge in [-0.1, -0.05) is 30.3 Å². The predicted molar refractivity (Wildman–Crippen MR) is 127 cm³/mol. The highest BCUT2D eigenvalue weighted by Crippen LogP contribution is 2.32. The third-order valence-electron chi connectivity index (χ3n) is 8.22. The van der Waals surface area contributed by atoms with Crippen molar-refractivity contribution in [3.05, 3.63) is 54.1 Å². The Balaban J connectivity index is 1.34. The quantitative estimate of drug-likeness (QED) is 0.668. The average Bonchev–Trinajstić information content (AvgIpc) is 3.40. The molecule has 1 unspecified atom stereocenters. The van der Waals surface area contributed by atoms with Crippen molar-refractivity contribution in [2.45, 2.75) is 31.0 Å². The first-order valence-corrected chi connectivity index (χ1v) is 12.4. The summed E-state index contributed by atoms with van der Waals surface area (Å²) in [7, 11) is 2.27. The van der Waals surface area contributed by atoms with Gasteiger partial charge in [-0.15, -0.1) is 0 Å². The van der Waals surface area contributed by atoms with Gasteiger partial charge in [0.25, 0.3) is 0 Å². The zero-order valence-corrected chi connectivity index (χ0v) is 19.5. The summed E-state index contributed by atoms with van der Waals surface area (Å²) in [5.41, 5.74) is 1.13. The summed E-state index contributed by atoms with van der Waals surface area (Å²) in [5, 5.41) is 8.74. The third-order valence-corrected chi connectivity index (χ3v) is 8.22. The van der Waals surface area contributed by atoms with Gasteiger partial charge in [0.2, 0.25) is 0 Å². The average molecular weight is 438 g/mol. The highest BCUT2D eigenvalue weighted by molar-refractivity contribution is 5.15. The van der Waals surface area contributed by atoms with E-state index in [1.165, 1.54) is 62.0 Å². The molecule has 32 heavy (non-hydrogen) atoms. The third kappa shape index (κ3) is 4.37. The molecule has 5 rings (SSSR count). The molecule has 0 spiro atoms. The van der Waals surface area contributed by atoms with Crippen LogP contribution < -0.4 is 10.6 Å². The first-order valence-electron chi connectivity index (χ1n) is 12.4. The monoisotopic (exact) mass is 437 g/mol. The standard InChI is InChI=1S/C25H39N7/c1-30-14-7-23(8-15-30)32(18-9-22-5-3-2-4-6-22)19-16-31(17-20-32)25(21-26-10-13-29-25)24-27-11-12-28-24/h2-6,11-12,23,26H,7-10,13-21H2,1H3,(H,27,28)/q+1. The Morgan fingerprint density at radius 2 is 1.88 bits per heavy atom. The largest absolute Gasteiger partial charge is 0.346 e. The second kappa shape index (κ2) is 9.61. The smallest absolute Gasteiger partial charge is 0.159 e. The van der Waals surface area contributed by atoms with Gasteiger partial charge in [-0.2, -0.15) is 0 Å². The van der Waals surface area contributed by atoms with E-state index >= 15 is 0 Å². The van der Waals surface area contributed by atoms with Crippen LogP contribution in [-0.4, -0.2) is 103 Å². The van der Waals surface area contributed by atoms with E-state index in [-0.39, 0.29) is 5.66 Å². The molecule has 3 aliphatic rings. The maximum Gasteiger partial charge on any atom is 0.159 e. The van der Waals surface area contributed by atoms with Gasteiger partial charge < -0.3 is 19.7 Å². The molecule has 3 aliphatic heterocycles. The number of piperazine rings is 2. The van der Waals surface area contributed by atoms with E-state index < -0.39 is 0 Å². The Bertz CT molecular complexity index is 815. The number of aromatic amines is 1. The van der Waals surface area contributed by atoms with Gasteiger partial charge >= 0.3 is 0 Å². The molecule has 7 heteroatoms. The number of benzene rings is 1. The van der Waals surface area contributed by atoms with Crippen molar-refractivity contribution in [1.29, 1.82) is 0 Å². The van der Waals surface area contributed by atoms with Gasteiger partial charge in [-0.3, -0.25) is 4.90 Å². The Morgan fingerprint density at radius 1 is 1.09 bits per heavy atom. The highest BCUT2D eigenvalue weighted by Gasteiger charge is 2.49. The maximum atomic E-state index is 5.15. The van der Waals surface area contributed by atoms with Crippen molar-refractivity contribution in [2.24, 2.45) is 0 Å². The van der Waals surface area contributed by atoms with Gasteiger partial charge in [0.1, 0.15) is 5.82 Å². The number of likely N-dealkylation sites (tertiary alicyclic amines) is 1. The van der Waals surface area contributed by atoms with Crippen LogP contribution >= 0.6 is 0 Å². The SMILES string of the molecule is CN1CCC([N+]2(CCc3ccccc3)CCN(C3(c4ncc[nH]4)CNCC[N]3)CC2)CC1. The molecule has 7 nitrogen and oxygen atoms in total. The molecule has 1 aromatic carbocycles. The number of rotatable bonds is 6. The molecule has 2 aromatic rings. The highest BCUT2D eigenvalue weighted by atomic mass is 15.5. The van der Waals surface area contributed by atoms with E-state index in [4.69, 9.17) is 5.32 Å². The summed E-state index contributed by atoms with van der Waals surface area (Å²) in [5.74, 6) is 0.994. The summed E-state index contributed by atoms with van der Waals surface area (Å²) in [4.78, 5) is 13.1. The van der Waals surface area contributed by atoms with Crippen LogP contribution in [0.25, 0.3) is 0 Å². The molecule has 1 aromatic heterocycles. The van der Waals surface area contributed by atoms with Crippen LogP contribution in [0.4, 0.5) is 0 Å². The van der Waals surface area contributed by atoms with Gasteiger partial charge in [-0.25, -0.2) is 10.3 Å². The minimum Gasteiger partial charge on any atom is -0.346 e. The molecule has 0 saturated carbocycles. The number of piperidine rings is 1. The lowest BCUT2D eigenvalue weighted by Crippen LogP contribution is -2.72. The van der Waals surface area contributed by atoms with Crippen LogP contribution in [0.1, 0.15) is 24.2 Å². The van der Waals surface area contributed by atoms with Crippen LogP contribution in [0, 0.1) is 0 Å². The van der Waals surface area contributed by atoms with Gasteiger partial charge in [0, 0.05) is 64.4 Å². The van der Waals surface area contributed by atoms with Crippen LogP contribution in [0.3, 0.4) is 0 Å². The summed E-state index contributed by atoms with van der Waals surface area (Å²) < 4.78 is 1.26. The van der Waals surface area contributed by atoms with Gasteiger partial charge in [0.15, 0.2) is 5.66 Å². The van der Waals surface area contributed by atoms with Crippen molar-refractivity contribution < 1.29 is 4.48 Å². The summed E-state index contributed by atoms with van der Waals surface area (Å²) in [6, 6.07) is 11.8. The number of hydrogen-bond donors (Lipinski definition) is 2. The fraction of sp³-hybridized carbons (Fsp3) is 0.640. The number of quaternary nitrogens is 1. The van der Waals surface area contributed by atoms with Crippen molar-refractivity contribution in [3.8, 4) is 0 Å². The lowest BCUT2D eigenvalue weighted by molar-refractivity contribution is -0.956. The first kappa shape index (κ1) is 22.0. The Hall–Kier alpha value is -1.77. The lowest BCUT2D eigenvalue weighted by atomic mass is 9.95. The van der Waals surface area contributed by atoms with E-state index in [0.29, 0.717) is 0 Å². The van der Waals surface area contributed by atoms with Crippen LogP contribution in [-0.2, 0) is 12.1 Å². The maximum absolute atomic E-state index is 5.15. The Morgan fingerprint density at radius 3 is 2.53 bits per heavy atom. The van der Waals surface area contributed by atoms with E-state index in [1.54, 1.807) is 0 Å². The fourth-order valence-electron chi connectivity index (χ4n) is 6.19. The van der Waals surface area contributed by atoms with E-state index in [1.807, 2.05) is 12.4 Å². The molecule has 0 aliphatic carbocycles. The molecule has 1 radical (unpaired) electrons. The number of hydrogen-bond acceptors (Lipinski definition) is 4. The van der Waals surface area contributed by atoms with E-state index in [0.717, 1.165) is 44.6 Å². The summed E-state index contributed by atoms with van der Waals surface area (Å²) in [6.07, 6.45) is 7.61. The molecule has 3 saturated heterocycles. The molecular weight excluding hydrogens is 398 g/mol. The summed E-state index contributed by atoms with van der Waals surface area (Å²) in [6.45, 7) is 10.9. The van der Waals surface area contributed by atoms with Gasteiger partial charge in [0.05, 0.1) is 38.8 Å². The Labute approximate surface area is 192 Å². The minimum atomic E-state index is -0.343. The van der Waals surface area contributed by atoms with Crippen molar-refractivity contribution in [1.82, 2.24) is 30.4 Å².